The summed E-state index contributed by atoms with van der Waals surface area (Å²) in [5.41, 5.74) is 0. The van der Waals surface area contributed by atoms with Gasteiger partial charge in [0.2, 0.25) is 0 Å². The van der Waals surface area contributed by atoms with Crippen LogP contribution >= 0.6 is 0 Å². The van der Waals surface area contributed by atoms with Gasteiger partial charge in [-0.25, -0.2) is 4.79 Å². The van der Waals surface area contributed by atoms with E-state index in [0.29, 0.717) is 12.8 Å². The van der Waals surface area contributed by atoms with E-state index in [1.807, 2.05) is 0 Å². The van der Waals surface area contributed by atoms with E-state index >= 15 is 0 Å². The van der Waals surface area contributed by atoms with E-state index in [1.54, 1.807) is 0 Å². The molecule has 0 aromatic carbocycles. The van der Waals surface area contributed by atoms with Crippen LogP contribution < -0.4 is 10.6 Å². The predicted molar refractivity (Wildman–Crippen MR) is 65.0 cm³/mol. The molecular weight excluding hydrogens is 318 g/mol. The van der Waals surface area contributed by atoms with Gasteiger partial charge in [-0.05, 0) is 25.7 Å². The Morgan fingerprint density at radius 3 is 2.36 bits per heavy atom. The van der Waals surface area contributed by atoms with Crippen molar-refractivity contribution < 1.29 is 36.2 Å². The Morgan fingerprint density at radius 2 is 1.82 bits per heavy atom. The molecule has 10 heteroatoms. The first-order chi connectivity index (χ1) is 10.00. The number of carbonyl (C=O) groups is 1. The number of hydrogen-bond acceptors (Lipinski definition) is 2. The van der Waals surface area contributed by atoms with E-state index < -0.39 is 49.4 Å². The zero-order valence-corrected chi connectivity index (χ0v) is 11.6. The lowest BCUT2D eigenvalue weighted by Crippen LogP contribution is -2.46. The van der Waals surface area contributed by atoms with Crippen LogP contribution in [0.2, 0.25) is 0 Å². The Kier molecular flexibility index (Phi) is 6.33. The molecule has 0 aromatic rings. The number of aliphatic hydroxyl groups is 1. The third-order valence-electron chi connectivity index (χ3n) is 3.55. The van der Waals surface area contributed by atoms with Crippen LogP contribution in [0.25, 0.3) is 0 Å². The first kappa shape index (κ1) is 18.9. The maximum absolute atomic E-state index is 12.6. The van der Waals surface area contributed by atoms with Crippen molar-refractivity contribution in [1.29, 1.82) is 0 Å². The minimum Gasteiger partial charge on any atom is -0.384 e. The van der Waals surface area contributed by atoms with Crippen LogP contribution in [0.4, 0.5) is 31.1 Å². The number of alkyl halides is 6. The highest BCUT2D eigenvalue weighted by molar-refractivity contribution is 5.74. The van der Waals surface area contributed by atoms with Crippen molar-refractivity contribution in [3.05, 3.63) is 0 Å². The molecule has 1 rings (SSSR count). The second-order valence-electron chi connectivity index (χ2n) is 5.35. The van der Waals surface area contributed by atoms with Gasteiger partial charge in [0, 0.05) is 12.6 Å². The third kappa shape index (κ3) is 6.29. The molecule has 4 nitrogen and oxygen atoms in total. The van der Waals surface area contributed by atoms with Crippen molar-refractivity contribution in [1.82, 2.24) is 10.6 Å². The lowest BCUT2D eigenvalue weighted by Gasteiger charge is -2.31. The predicted octanol–water partition coefficient (Wildman–Crippen LogP) is 2.72. The number of urea groups is 1. The zero-order valence-electron chi connectivity index (χ0n) is 11.6. The van der Waals surface area contributed by atoms with Crippen LogP contribution in [0.3, 0.4) is 0 Å². The largest absolute Gasteiger partial charge is 0.414 e. The van der Waals surface area contributed by atoms with E-state index in [-0.39, 0.29) is 12.8 Å². The minimum atomic E-state index is -4.76. The van der Waals surface area contributed by atoms with E-state index in [0.717, 1.165) is 0 Å². The first-order valence-corrected chi connectivity index (χ1v) is 6.86. The molecule has 1 aliphatic rings. The molecule has 1 aliphatic carbocycles. The molecule has 0 heterocycles. The average molecular weight is 336 g/mol. The van der Waals surface area contributed by atoms with Crippen molar-refractivity contribution in [3.63, 3.8) is 0 Å². The summed E-state index contributed by atoms with van der Waals surface area (Å²) in [4.78, 5) is 11.4. The number of hydrogen-bond donors (Lipinski definition) is 3. The Morgan fingerprint density at radius 1 is 1.18 bits per heavy atom. The standard InChI is InChI=1S/C12H18F6N2O2/c13-11(14,15)7-2-1-3-8(6-7)20-10(22)19-5-4-9(21)12(16,17)18/h7-9,21H,1-6H2,(H2,19,20,22)/t7-,8-,9-/m0/s1. The Labute approximate surface area is 123 Å². The summed E-state index contributed by atoms with van der Waals surface area (Å²) in [6.07, 6.45) is -11.8. The molecule has 0 bridgehead atoms. The minimum absolute atomic E-state index is 0.0150. The molecule has 22 heavy (non-hydrogen) atoms. The maximum Gasteiger partial charge on any atom is 0.414 e. The van der Waals surface area contributed by atoms with Gasteiger partial charge in [0.1, 0.15) is 0 Å². The topological polar surface area (TPSA) is 61.4 Å². The highest BCUT2D eigenvalue weighted by Crippen LogP contribution is 2.37. The molecule has 3 atom stereocenters. The molecule has 0 aliphatic heterocycles. The van der Waals surface area contributed by atoms with Gasteiger partial charge >= 0.3 is 18.4 Å². The molecule has 0 aromatic heterocycles. The van der Waals surface area contributed by atoms with Crippen molar-refractivity contribution in [2.75, 3.05) is 6.54 Å². The van der Waals surface area contributed by atoms with Crippen molar-refractivity contribution >= 4 is 6.03 Å². The summed E-state index contributed by atoms with van der Waals surface area (Å²) >= 11 is 0. The Bertz CT molecular complexity index is 372. The van der Waals surface area contributed by atoms with Crippen LogP contribution in [0.15, 0.2) is 0 Å². The molecule has 1 fully saturated rings. The number of halogens is 6. The number of aliphatic hydroxyl groups excluding tert-OH is 1. The average Bonchev–Trinajstić information content (AvgIpc) is 2.36. The van der Waals surface area contributed by atoms with Gasteiger partial charge in [0.15, 0.2) is 6.10 Å². The molecular formula is C12H18F6N2O2. The quantitative estimate of drug-likeness (QED) is 0.692. The monoisotopic (exact) mass is 336 g/mol. The highest BCUT2D eigenvalue weighted by Gasteiger charge is 2.42. The van der Waals surface area contributed by atoms with Crippen molar-refractivity contribution in [3.8, 4) is 0 Å². The maximum atomic E-state index is 12.6. The molecule has 130 valence electrons. The van der Waals surface area contributed by atoms with Gasteiger partial charge in [0.05, 0.1) is 5.92 Å². The summed E-state index contributed by atoms with van der Waals surface area (Å²) in [6, 6.07) is -1.49. The zero-order chi connectivity index (χ0) is 17.0. The van der Waals surface area contributed by atoms with Crippen LogP contribution in [-0.2, 0) is 0 Å². The molecule has 2 amide bonds. The second-order valence-corrected chi connectivity index (χ2v) is 5.35. The van der Waals surface area contributed by atoms with Gasteiger partial charge < -0.3 is 15.7 Å². The Balaban J connectivity index is 2.30. The second kappa shape index (κ2) is 7.38. The lowest BCUT2D eigenvalue weighted by atomic mass is 9.85. The molecule has 0 unspecified atom stereocenters. The van der Waals surface area contributed by atoms with Gasteiger partial charge in [0.25, 0.3) is 0 Å². The number of nitrogens with one attached hydrogen (secondary N) is 2. The van der Waals surface area contributed by atoms with E-state index in [9.17, 15) is 31.1 Å². The van der Waals surface area contributed by atoms with Gasteiger partial charge in [-0.3, -0.25) is 0 Å². The first-order valence-electron chi connectivity index (χ1n) is 6.86. The normalized spacial score (nSPS) is 24.7. The number of rotatable bonds is 4. The third-order valence-corrected chi connectivity index (χ3v) is 3.55. The summed E-state index contributed by atoms with van der Waals surface area (Å²) < 4.78 is 73.8. The fourth-order valence-electron chi connectivity index (χ4n) is 2.34. The summed E-state index contributed by atoms with van der Waals surface area (Å²) in [7, 11) is 0. The fraction of sp³-hybridized carbons (Fsp3) is 0.917. The van der Waals surface area contributed by atoms with Crippen LogP contribution in [-0.4, -0.2) is 42.2 Å². The summed E-state index contributed by atoms with van der Waals surface area (Å²) in [5.74, 6) is -1.47. The molecule has 3 N–H and O–H groups in total. The van der Waals surface area contributed by atoms with Gasteiger partial charge in [-0.1, -0.05) is 6.42 Å². The summed E-state index contributed by atoms with van der Waals surface area (Å²) in [5, 5.41) is 13.1. The van der Waals surface area contributed by atoms with Crippen molar-refractivity contribution in [2.45, 2.75) is 56.6 Å². The molecule has 0 saturated heterocycles. The molecule has 0 radical (unpaired) electrons. The molecule has 1 saturated carbocycles. The number of carbonyl (C=O) groups excluding carboxylic acids is 1. The van der Waals surface area contributed by atoms with Gasteiger partial charge in [-0.15, -0.1) is 0 Å². The smallest absolute Gasteiger partial charge is 0.384 e. The lowest BCUT2D eigenvalue weighted by molar-refractivity contribution is -0.204. The SMILES string of the molecule is O=C(NCC[C@H](O)C(F)(F)F)N[C@H]1CCC[C@H](C(F)(F)F)C1. The van der Waals surface area contributed by atoms with Crippen LogP contribution in [0.1, 0.15) is 32.1 Å². The Hall–Kier alpha value is -1.19. The summed E-state index contributed by atoms with van der Waals surface area (Å²) in [6.45, 7) is -0.429. The van der Waals surface area contributed by atoms with E-state index in [4.69, 9.17) is 5.11 Å². The van der Waals surface area contributed by atoms with Crippen LogP contribution in [0.5, 0.6) is 0 Å². The van der Waals surface area contributed by atoms with Crippen molar-refractivity contribution in [2.24, 2.45) is 5.92 Å². The van der Waals surface area contributed by atoms with E-state index in [1.165, 1.54) is 0 Å². The van der Waals surface area contributed by atoms with Gasteiger partial charge in [-0.2, -0.15) is 26.3 Å². The van der Waals surface area contributed by atoms with Crippen LogP contribution in [0, 0.1) is 5.92 Å². The van der Waals surface area contributed by atoms with E-state index in [2.05, 4.69) is 10.6 Å². The number of amides is 2. The molecule has 0 spiro atoms. The highest BCUT2D eigenvalue weighted by atomic mass is 19.4. The fourth-order valence-corrected chi connectivity index (χ4v) is 2.34.